The van der Waals surface area contributed by atoms with Crippen molar-refractivity contribution in [3.8, 4) is 0 Å². The normalized spacial score (nSPS) is 45.1. The first kappa shape index (κ1) is 9.00. The molecule has 1 saturated carbocycles. The highest BCUT2D eigenvalue weighted by molar-refractivity contribution is 5.67. The minimum absolute atomic E-state index is 0.244. The fourth-order valence-corrected chi connectivity index (χ4v) is 2.51. The van der Waals surface area contributed by atoms with E-state index in [9.17, 15) is 9.90 Å². The number of aliphatic carboxylic acids is 1. The quantitative estimate of drug-likeness (QED) is 0.574. The van der Waals surface area contributed by atoms with Gasteiger partial charge in [0.2, 0.25) is 0 Å². The van der Waals surface area contributed by atoms with E-state index in [4.69, 9.17) is 4.74 Å². The number of hydrogen-bond donors (Lipinski definition) is 0. The van der Waals surface area contributed by atoms with E-state index in [2.05, 4.69) is 6.92 Å². The van der Waals surface area contributed by atoms with Crippen LogP contribution in [0.1, 0.15) is 26.7 Å². The van der Waals surface area contributed by atoms with Crippen molar-refractivity contribution in [2.75, 3.05) is 0 Å². The van der Waals surface area contributed by atoms with E-state index in [1.165, 1.54) is 0 Å². The maximum Gasteiger partial charge on any atom is 0.0845 e. The van der Waals surface area contributed by atoms with Gasteiger partial charge in [-0.05, 0) is 30.6 Å². The minimum Gasteiger partial charge on any atom is -0.550 e. The first-order valence-electron chi connectivity index (χ1n) is 4.96. The first-order chi connectivity index (χ1) is 6.09. The van der Waals surface area contributed by atoms with E-state index >= 15 is 0 Å². The Kier molecular flexibility index (Phi) is 2.06. The smallest absolute Gasteiger partial charge is 0.0845 e. The van der Waals surface area contributed by atoms with Gasteiger partial charge in [-0.25, -0.2) is 0 Å². The number of rotatable bonds is 2. The number of carbonyl (C=O) groups is 1. The molecule has 3 nitrogen and oxygen atoms in total. The van der Waals surface area contributed by atoms with Crippen molar-refractivity contribution in [1.29, 1.82) is 0 Å². The van der Waals surface area contributed by atoms with Gasteiger partial charge in [0, 0.05) is 5.97 Å². The van der Waals surface area contributed by atoms with Crippen LogP contribution in [0, 0.1) is 17.8 Å². The van der Waals surface area contributed by atoms with E-state index < -0.39 is 5.97 Å². The summed E-state index contributed by atoms with van der Waals surface area (Å²) in [6.07, 6.45) is 2.71. The lowest BCUT2D eigenvalue weighted by Crippen LogP contribution is -2.38. The molecule has 1 aliphatic carbocycles. The molecule has 0 aromatic rings. The van der Waals surface area contributed by atoms with Crippen LogP contribution in [-0.2, 0) is 9.53 Å². The summed E-state index contributed by atoms with van der Waals surface area (Å²) in [5.74, 6) is -0.554. The Bertz CT molecular complexity index is 226. The van der Waals surface area contributed by atoms with Crippen LogP contribution in [0.25, 0.3) is 0 Å². The average Bonchev–Trinajstić information content (AvgIpc) is 2.79. The summed E-state index contributed by atoms with van der Waals surface area (Å²) in [6, 6.07) is 0. The molecule has 0 amide bonds. The van der Waals surface area contributed by atoms with Crippen LogP contribution in [-0.4, -0.2) is 18.2 Å². The van der Waals surface area contributed by atoms with Crippen molar-refractivity contribution in [2.45, 2.75) is 38.9 Å². The topological polar surface area (TPSA) is 52.7 Å². The second kappa shape index (κ2) is 2.98. The predicted octanol–water partition coefficient (Wildman–Crippen LogP) is 0.186. The highest BCUT2D eigenvalue weighted by atomic mass is 16.6. The van der Waals surface area contributed by atoms with Crippen LogP contribution in [0.2, 0.25) is 0 Å². The summed E-state index contributed by atoms with van der Waals surface area (Å²) < 4.78 is 5.40. The second-order valence-electron chi connectivity index (χ2n) is 4.43. The maximum atomic E-state index is 10.7. The highest BCUT2D eigenvalue weighted by Gasteiger charge is 2.48. The molecule has 3 heteroatoms. The van der Waals surface area contributed by atoms with Crippen LogP contribution in [0.15, 0.2) is 0 Å². The summed E-state index contributed by atoms with van der Waals surface area (Å²) in [6.45, 7) is 3.86. The Morgan fingerprint density at radius 1 is 1.46 bits per heavy atom. The molecule has 5 atom stereocenters. The van der Waals surface area contributed by atoms with Crippen molar-refractivity contribution in [3.05, 3.63) is 0 Å². The lowest BCUT2D eigenvalue weighted by atomic mass is 9.74. The second-order valence-corrected chi connectivity index (χ2v) is 4.43. The molecular formula is C10H15O3-. The van der Waals surface area contributed by atoms with E-state index in [0.717, 1.165) is 12.8 Å². The van der Waals surface area contributed by atoms with Gasteiger partial charge >= 0.3 is 0 Å². The van der Waals surface area contributed by atoms with Gasteiger partial charge in [-0.15, -0.1) is 0 Å². The molecule has 0 radical (unpaired) electrons. The van der Waals surface area contributed by atoms with Gasteiger partial charge in [-0.3, -0.25) is 0 Å². The zero-order valence-corrected chi connectivity index (χ0v) is 8.03. The fraction of sp³-hybridized carbons (Fsp3) is 0.900. The number of epoxide rings is 1. The molecule has 2 rings (SSSR count). The van der Waals surface area contributed by atoms with Gasteiger partial charge in [0.15, 0.2) is 0 Å². The maximum absolute atomic E-state index is 10.7. The fourth-order valence-electron chi connectivity index (χ4n) is 2.51. The molecule has 0 aromatic heterocycles. The van der Waals surface area contributed by atoms with Crippen molar-refractivity contribution in [3.63, 3.8) is 0 Å². The van der Waals surface area contributed by atoms with Gasteiger partial charge in [0.1, 0.15) is 0 Å². The number of carboxylic acid groups (broad SMARTS) is 1. The third kappa shape index (κ3) is 1.57. The molecule has 0 aromatic carbocycles. The molecule has 1 heterocycles. The lowest BCUT2D eigenvalue weighted by molar-refractivity contribution is -0.313. The molecule has 0 spiro atoms. The summed E-state index contributed by atoms with van der Waals surface area (Å²) >= 11 is 0. The Balaban J connectivity index is 2.00. The largest absolute Gasteiger partial charge is 0.550 e. The number of ether oxygens (including phenoxy) is 1. The van der Waals surface area contributed by atoms with Crippen LogP contribution in [0.4, 0.5) is 0 Å². The SMILES string of the molecule is CC1CC2OC2CC1C(C)C(=O)[O-]. The van der Waals surface area contributed by atoms with Crippen LogP contribution >= 0.6 is 0 Å². The first-order valence-corrected chi connectivity index (χ1v) is 4.96. The van der Waals surface area contributed by atoms with Crippen molar-refractivity contribution >= 4 is 5.97 Å². The monoisotopic (exact) mass is 183 g/mol. The standard InChI is InChI=1S/C10H16O3/c1-5-3-8-9(13-8)4-7(5)6(2)10(11)12/h5-9H,3-4H2,1-2H3,(H,11,12)/p-1. The van der Waals surface area contributed by atoms with E-state index in [1.807, 2.05) is 0 Å². The molecule has 1 saturated heterocycles. The van der Waals surface area contributed by atoms with Crippen LogP contribution < -0.4 is 5.11 Å². The number of fused-ring (bicyclic) bond motifs is 1. The number of hydrogen-bond acceptors (Lipinski definition) is 3. The van der Waals surface area contributed by atoms with Crippen LogP contribution in [0.5, 0.6) is 0 Å². The molecular weight excluding hydrogens is 168 g/mol. The summed E-state index contributed by atoms with van der Waals surface area (Å²) in [5.41, 5.74) is 0. The van der Waals surface area contributed by atoms with E-state index in [1.54, 1.807) is 6.92 Å². The Hall–Kier alpha value is -0.570. The van der Waals surface area contributed by atoms with Gasteiger partial charge < -0.3 is 14.6 Å². The van der Waals surface area contributed by atoms with Crippen LogP contribution in [0.3, 0.4) is 0 Å². The van der Waals surface area contributed by atoms with Gasteiger partial charge in [-0.2, -0.15) is 0 Å². The van der Waals surface area contributed by atoms with E-state index in [-0.39, 0.29) is 11.8 Å². The third-order valence-corrected chi connectivity index (χ3v) is 3.54. The van der Waals surface area contributed by atoms with Crippen molar-refractivity contribution in [1.82, 2.24) is 0 Å². The molecule has 13 heavy (non-hydrogen) atoms. The average molecular weight is 183 g/mol. The van der Waals surface area contributed by atoms with E-state index in [0.29, 0.717) is 18.1 Å². The predicted molar refractivity (Wildman–Crippen MR) is 44.7 cm³/mol. The molecule has 74 valence electrons. The number of carbonyl (C=O) groups excluding carboxylic acids is 1. The number of carboxylic acids is 1. The molecule has 0 bridgehead atoms. The van der Waals surface area contributed by atoms with Crippen molar-refractivity contribution < 1.29 is 14.6 Å². The third-order valence-electron chi connectivity index (χ3n) is 3.54. The summed E-state index contributed by atoms with van der Waals surface area (Å²) in [5, 5.41) is 10.7. The summed E-state index contributed by atoms with van der Waals surface area (Å²) in [7, 11) is 0. The van der Waals surface area contributed by atoms with Gasteiger partial charge in [0.05, 0.1) is 12.2 Å². The molecule has 2 aliphatic rings. The zero-order valence-electron chi connectivity index (χ0n) is 8.03. The Morgan fingerprint density at radius 3 is 2.69 bits per heavy atom. The highest BCUT2D eigenvalue weighted by Crippen LogP contribution is 2.45. The zero-order chi connectivity index (χ0) is 9.59. The molecule has 0 N–H and O–H groups in total. The molecule has 5 unspecified atom stereocenters. The van der Waals surface area contributed by atoms with Crippen molar-refractivity contribution in [2.24, 2.45) is 17.8 Å². The Morgan fingerprint density at radius 2 is 2.08 bits per heavy atom. The minimum atomic E-state index is -0.920. The van der Waals surface area contributed by atoms with Gasteiger partial charge in [0.25, 0.3) is 0 Å². The molecule has 2 fully saturated rings. The lowest BCUT2D eigenvalue weighted by Gasteiger charge is -2.32. The summed E-state index contributed by atoms with van der Waals surface area (Å²) in [4.78, 5) is 10.7. The molecule has 1 aliphatic heterocycles. The Labute approximate surface area is 78.1 Å². The van der Waals surface area contributed by atoms with Gasteiger partial charge in [-0.1, -0.05) is 13.8 Å².